The van der Waals surface area contributed by atoms with Gasteiger partial charge in [0.25, 0.3) is 0 Å². The molecule has 26 heavy (non-hydrogen) atoms. The van der Waals surface area contributed by atoms with Crippen LogP contribution in [0.25, 0.3) is 0 Å². The van der Waals surface area contributed by atoms with Crippen LogP contribution in [-0.2, 0) is 6.54 Å². The lowest BCUT2D eigenvalue weighted by molar-refractivity contribution is 0.414. The van der Waals surface area contributed by atoms with Crippen LogP contribution < -0.4 is 20.3 Å². The Balaban J connectivity index is 1.49. The molecule has 1 heterocycles. The van der Waals surface area contributed by atoms with E-state index in [2.05, 4.69) is 63.8 Å². The number of nitrogens with one attached hydrogen (secondary N) is 2. The molecular weight excluding hydrogens is 324 g/mol. The fourth-order valence-electron chi connectivity index (χ4n) is 3.19. The Hall–Kier alpha value is -2.69. The molecular formula is C21H28N4O. The maximum absolute atomic E-state index is 5.20. The minimum Gasteiger partial charge on any atom is -0.497 e. The second-order valence-electron chi connectivity index (χ2n) is 6.69. The maximum Gasteiger partial charge on any atom is 0.191 e. The van der Waals surface area contributed by atoms with E-state index in [9.17, 15) is 0 Å². The van der Waals surface area contributed by atoms with Crippen LogP contribution in [0.5, 0.6) is 5.75 Å². The molecule has 0 radical (unpaired) electrons. The number of nitrogens with zero attached hydrogens (tertiary/aromatic N) is 2. The zero-order valence-electron chi connectivity index (χ0n) is 15.8. The zero-order chi connectivity index (χ0) is 18.4. The highest BCUT2D eigenvalue weighted by atomic mass is 16.5. The largest absolute Gasteiger partial charge is 0.497 e. The number of guanidine groups is 1. The van der Waals surface area contributed by atoms with Gasteiger partial charge in [-0.1, -0.05) is 29.8 Å². The lowest BCUT2D eigenvalue weighted by atomic mass is 10.2. The highest BCUT2D eigenvalue weighted by Gasteiger charge is 2.23. The molecule has 0 saturated carbocycles. The van der Waals surface area contributed by atoms with Crippen LogP contribution in [0.1, 0.15) is 17.5 Å². The Kier molecular flexibility index (Phi) is 6.00. The van der Waals surface area contributed by atoms with Gasteiger partial charge < -0.3 is 20.3 Å². The molecule has 0 aromatic heterocycles. The first-order valence-corrected chi connectivity index (χ1v) is 9.09. The molecule has 138 valence electrons. The molecule has 1 fully saturated rings. The molecule has 2 N–H and O–H groups in total. The normalized spacial score (nSPS) is 17.3. The molecule has 0 bridgehead atoms. The van der Waals surface area contributed by atoms with Gasteiger partial charge in [-0.2, -0.15) is 0 Å². The minimum atomic E-state index is 0.401. The van der Waals surface area contributed by atoms with Crippen molar-refractivity contribution in [2.75, 3.05) is 32.1 Å². The Morgan fingerprint density at radius 3 is 2.54 bits per heavy atom. The van der Waals surface area contributed by atoms with Gasteiger partial charge in [-0.25, -0.2) is 0 Å². The molecule has 1 atom stereocenters. The smallest absolute Gasteiger partial charge is 0.191 e. The lowest BCUT2D eigenvalue weighted by Gasteiger charge is -2.20. The maximum atomic E-state index is 5.20. The quantitative estimate of drug-likeness (QED) is 0.642. The van der Waals surface area contributed by atoms with Crippen molar-refractivity contribution in [3.05, 3.63) is 59.7 Å². The Labute approximate surface area is 156 Å². The summed E-state index contributed by atoms with van der Waals surface area (Å²) in [5.41, 5.74) is 3.79. The fourth-order valence-corrected chi connectivity index (χ4v) is 3.19. The van der Waals surface area contributed by atoms with E-state index in [0.29, 0.717) is 6.04 Å². The predicted molar refractivity (Wildman–Crippen MR) is 108 cm³/mol. The average Bonchev–Trinajstić information content (AvgIpc) is 3.14. The number of anilines is 1. The molecule has 1 aliphatic rings. The van der Waals surface area contributed by atoms with E-state index in [4.69, 9.17) is 4.74 Å². The van der Waals surface area contributed by atoms with Crippen LogP contribution in [0.4, 0.5) is 5.69 Å². The molecule has 0 aliphatic carbocycles. The molecule has 0 spiro atoms. The van der Waals surface area contributed by atoms with Crippen molar-refractivity contribution in [2.45, 2.75) is 25.9 Å². The van der Waals surface area contributed by atoms with Crippen molar-refractivity contribution >= 4 is 11.6 Å². The summed E-state index contributed by atoms with van der Waals surface area (Å²) in [5.74, 6) is 1.72. The first-order chi connectivity index (χ1) is 12.7. The first-order valence-electron chi connectivity index (χ1n) is 9.09. The third-order valence-electron chi connectivity index (χ3n) is 4.77. The van der Waals surface area contributed by atoms with E-state index < -0.39 is 0 Å². The van der Waals surface area contributed by atoms with Gasteiger partial charge in [-0.15, -0.1) is 0 Å². The van der Waals surface area contributed by atoms with Crippen molar-refractivity contribution in [3.63, 3.8) is 0 Å². The predicted octanol–water partition coefficient (Wildman–Crippen LogP) is 2.95. The number of aliphatic imine (C=N–C) groups is 1. The number of ether oxygens (including phenoxy) is 1. The van der Waals surface area contributed by atoms with Gasteiger partial charge in [-0.3, -0.25) is 4.99 Å². The number of aryl methyl sites for hydroxylation is 1. The van der Waals surface area contributed by atoms with Gasteiger partial charge in [0.15, 0.2) is 5.96 Å². The standard InChI is InChI=1S/C21H28N4O/c1-16-4-8-19(9-5-16)25-13-12-18(15-25)24-21(22-2)23-14-17-6-10-20(26-3)11-7-17/h4-11,18H,12-15H2,1-3H3,(H2,22,23,24). The van der Waals surface area contributed by atoms with E-state index in [1.165, 1.54) is 16.8 Å². The van der Waals surface area contributed by atoms with E-state index in [0.717, 1.165) is 37.8 Å². The highest BCUT2D eigenvalue weighted by molar-refractivity contribution is 5.80. The Bertz CT molecular complexity index is 725. The Morgan fingerprint density at radius 1 is 1.15 bits per heavy atom. The topological polar surface area (TPSA) is 48.9 Å². The molecule has 2 aromatic carbocycles. The van der Waals surface area contributed by atoms with Crippen LogP contribution in [0, 0.1) is 6.92 Å². The molecule has 3 rings (SSSR count). The number of methoxy groups -OCH3 is 1. The third-order valence-corrected chi connectivity index (χ3v) is 4.77. The summed E-state index contributed by atoms with van der Waals surface area (Å²) in [5, 5.41) is 6.93. The van der Waals surface area contributed by atoms with Crippen molar-refractivity contribution in [3.8, 4) is 5.75 Å². The number of rotatable bonds is 5. The van der Waals surface area contributed by atoms with E-state index in [-0.39, 0.29) is 0 Å². The summed E-state index contributed by atoms with van der Waals surface area (Å²) in [6.45, 7) is 4.91. The summed E-state index contributed by atoms with van der Waals surface area (Å²) in [4.78, 5) is 6.79. The van der Waals surface area contributed by atoms with Crippen LogP contribution in [0.15, 0.2) is 53.5 Å². The van der Waals surface area contributed by atoms with Gasteiger partial charge in [0.1, 0.15) is 5.75 Å². The zero-order valence-corrected chi connectivity index (χ0v) is 15.8. The summed E-state index contributed by atoms with van der Waals surface area (Å²) in [6, 6.07) is 17.2. The third kappa shape index (κ3) is 4.69. The van der Waals surface area contributed by atoms with Crippen LogP contribution in [-0.4, -0.2) is 39.2 Å². The van der Waals surface area contributed by atoms with Crippen LogP contribution in [0.2, 0.25) is 0 Å². The number of hydrogen-bond acceptors (Lipinski definition) is 3. The second-order valence-corrected chi connectivity index (χ2v) is 6.69. The van der Waals surface area contributed by atoms with Gasteiger partial charge in [0, 0.05) is 38.4 Å². The summed E-state index contributed by atoms with van der Waals surface area (Å²) in [7, 11) is 3.50. The summed E-state index contributed by atoms with van der Waals surface area (Å²) >= 11 is 0. The van der Waals surface area contributed by atoms with E-state index in [1.54, 1.807) is 7.11 Å². The number of benzene rings is 2. The van der Waals surface area contributed by atoms with Crippen molar-refractivity contribution in [2.24, 2.45) is 4.99 Å². The van der Waals surface area contributed by atoms with Gasteiger partial charge in [0.05, 0.1) is 7.11 Å². The van der Waals surface area contributed by atoms with E-state index >= 15 is 0 Å². The monoisotopic (exact) mass is 352 g/mol. The summed E-state index contributed by atoms with van der Waals surface area (Å²) < 4.78 is 5.20. The fraction of sp³-hybridized carbons (Fsp3) is 0.381. The second kappa shape index (κ2) is 8.61. The minimum absolute atomic E-state index is 0.401. The molecule has 1 saturated heterocycles. The van der Waals surface area contributed by atoms with Crippen molar-refractivity contribution < 1.29 is 4.74 Å². The molecule has 2 aromatic rings. The lowest BCUT2D eigenvalue weighted by Crippen LogP contribution is -2.44. The molecule has 0 amide bonds. The van der Waals surface area contributed by atoms with Gasteiger partial charge in [0.2, 0.25) is 0 Å². The van der Waals surface area contributed by atoms with Gasteiger partial charge in [-0.05, 0) is 43.2 Å². The van der Waals surface area contributed by atoms with Gasteiger partial charge >= 0.3 is 0 Å². The molecule has 5 heteroatoms. The van der Waals surface area contributed by atoms with Crippen molar-refractivity contribution in [1.29, 1.82) is 0 Å². The molecule has 1 unspecified atom stereocenters. The van der Waals surface area contributed by atoms with Crippen LogP contribution >= 0.6 is 0 Å². The SMILES string of the molecule is CN=C(NCc1ccc(OC)cc1)NC1CCN(c2ccc(C)cc2)C1. The average molecular weight is 352 g/mol. The molecule has 5 nitrogen and oxygen atoms in total. The van der Waals surface area contributed by atoms with Crippen LogP contribution in [0.3, 0.4) is 0 Å². The van der Waals surface area contributed by atoms with Crippen molar-refractivity contribution in [1.82, 2.24) is 10.6 Å². The number of hydrogen-bond donors (Lipinski definition) is 2. The first kappa shape index (κ1) is 18.1. The Morgan fingerprint density at radius 2 is 1.88 bits per heavy atom. The van der Waals surface area contributed by atoms with E-state index in [1.807, 2.05) is 19.2 Å². The molecule has 1 aliphatic heterocycles. The summed E-state index contributed by atoms with van der Waals surface area (Å²) in [6.07, 6.45) is 1.11. The highest BCUT2D eigenvalue weighted by Crippen LogP contribution is 2.20.